The second kappa shape index (κ2) is 10.7. The predicted octanol–water partition coefficient (Wildman–Crippen LogP) is 5.10. The number of carbonyl (C=O) groups excluding carboxylic acids is 1. The summed E-state index contributed by atoms with van der Waals surface area (Å²) in [7, 11) is 1.59. The average Bonchev–Trinajstić information content (AvgIpc) is 3.34. The van der Waals surface area contributed by atoms with E-state index < -0.39 is 11.4 Å². The molecule has 3 aromatic heterocycles. The van der Waals surface area contributed by atoms with Crippen LogP contribution in [0.2, 0.25) is 0 Å². The minimum absolute atomic E-state index is 0.0743. The number of benzene rings is 2. The van der Waals surface area contributed by atoms with Gasteiger partial charge in [0.1, 0.15) is 28.6 Å². The summed E-state index contributed by atoms with van der Waals surface area (Å²) in [6.45, 7) is 6.17. The molecule has 0 atom stereocenters. The van der Waals surface area contributed by atoms with Crippen LogP contribution in [0.15, 0.2) is 71.8 Å². The monoisotopic (exact) mass is 541 g/mol. The van der Waals surface area contributed by atoms with Crippen LogP contribution in [0.5, 0.6) is 17.2 Å². The van der Waals surface area contributed by atoms with E-state index in [1.807, 2.05) is 30.3 Å². The highest BCUT2D eigenvalue weighted by atomic mass is 19.1. The van der Waals surface area contributed by atoms with E-state index in [1.165, 1.54) is 18.3 Å². The summed E-state index contributed by atoms with van der Waals surface area (Å²) >= 11 is 0. The lowest BCUT2D eigenvalue weighted by atomic mass is 9.92. The number of hydrogen-bond donors (Lipinski definition) is 1. The van der Waals surface area contributed by atoms with Gasteiger partial charge >= 0.3 is 0 Å². The predicted molar refractivity (Wildman–Crippen MR) is 148 cm³/mol. The lowest BCUT2D eigenvalue weighted by Gasteiger charge is -2.14. The van der Waals surface area contributed by atoms with E-state index in [-0.39, 0.29) is 41.0 Å². The van der Waals surface area contributed by atoms with Crippen LogP contribution in [0.3, 0.4) is 0 Å². The van der Waals surface area contributed by atoms with Crippen LogP contribution in [-0.2, 0) is 23.1 Å². The van der Waals surface area contributed by atoms with E-state index in [0.29, 0.717) is 22.7 Å². The van der Waals surface area contributed by atoms with Crippen molar-refractivity contribution in [2.24, 2.45) is 0 Å². The van der Waals surface area contributed by atoms with Crippen molar-refractivity contribution in [2.45, 2.75) is 39.0 Å². The van der Waals surface area contributed by atoms with Crippen molar-refractivity contribution in [2.75, 3.05) is 7.11 Å². The molecule has 5 aromatic rings. The lowest BCUT2D eigenvalue weighted by molar-refractivity contribution is -0.117. The van der Waals surface area contributed by atoms with Gasteiger partial charge in [0.05, 0.1) is 30.4 Å². The van der Waals surface area contributed by atoms with Gasteiger partial charge in [-0.1, -0.05) is 32.9 Å². The highest BCUT2D eigenvalue weighted by molar-refractivity contribution is 5.83. The molecule has 1 N–H and O–H groups in total. The molecular formula is C30H28FN5O4. The van der Waals surface area contributed by atoms with Crippen LogP contribution in [0.1, 0.15) is 37.7 Å². The van der Waals surface area contributed by atoms with E-state index in [0.717, 1.165) is 17.6 Å². The summed E-state index contributed by atoms with van der Waals surface area (Å²) in [6, 6.07) is 15.3. The number of rotatable bonds is 8. The third-order valence-corrected chi connectivity index (χ3v) is 6.31. The Morgan fingerprint density at radius 3 is 2.60 bits per heavy atom. The van der Waals surface area contributed by atoms with E-state index >= 15 is 4.39 Å². The Bertz CT molecular complexity index is 1770. The molecule has 0 aliphatic carbocycles. The number of aromatic nitrogens is 5. The fourth-order valence-corrected chi connectivity index (χ4v) is 4.22. The summed E-state index contributed by atoms with van der Waals surface area (Å²) < 4.78 is 28.0. The first-order chi connectivity index (χ1) is 19.1. The number of ether oxygens (including phenoxy) is 2. The van der Waals surface area contributed by atoms with Crippen LogP contribution < -0.4 is 15.0 Å². The number of halogens is 1. The van der Waals surface area contributed by atoms with Crippen molar-refractivity contribution in [3.8, 4) is 22.9 Å². The quantitative estimate of drug-likeness (QED) is 0.291. The molecular weight excluding hydrogens is 513 g/mol. The van der Waals surface area contributed by atoms with Gasteiger partial charge in [0.25, 0.3) is 5.56 Å². The standard InChI is InChI=1S/C30H28FN5O4/c1-30(2,3)26-15-20(36(35-26)19-6-5-7-22(14-19)39-4)13-21(37)12-18-8-9-23(16-24(18)31)40-25-10-11-32-29-28(25)33-17-27(38)34-29/h5-11,14-17H,12-13H2,1-4H3,(H,32,34,38). The molecule has 0 saturated carbocycles. The van der Waals surface area contributed by atoms with Crippen molar-refractivity contribution in [1.82, 2.24) is 24.7 Å². The number of H-pyrrole nitrogens is 1. The molecule has 2 aromatic carbocycles. The largest absolute Gasteiger partial charge is 0.497 e. The average molecular weight is 542 g/mol. The van der Waals surface area contributed by atoms with Gasteiger partial charge in [-0.3, -0.25) is 9.59 Å². The Labute approximate surface area is 229 Å². The summed E-state index contributed by atoms with van der Waals surface area (Å²) in [5.74, 6) is 0.480. The number of methoxy groups -OCH3 is 1. The normalized spacial score (nSPS) is 11.5. The number of hydrogen-bond acceptors (Lipinski definition) is 7. The number of nitrogens with zero attached hydrogens (tertiary/aromatic N) is 4. The molecule has 40 heavy (non-hydrogen) atoms. The maximum Gasteiger partial charge on any atom is 0.268 e. The van der Waals surface area contributed by atoms with Gasteiger partial charge in [-0.05, 0) is 29.8 Å². The zero-order valence-corrected chi connectivity index (χ0v) is 22.6. The number of aromatic amines is 1. The summed E-state index contributed by atoms with van der Waals surface area (Å²) in [4.78, 5) is 35.4. The van der Waals surface area contributed by atoms with Crippen molar-refractivity contribution in [3.63, 3.8) is 0 Å². The second-order valence-electron chi connectivity index (χ2n) is 10.4. The first-order valence-electron chi connectivity index (χ1n) is 12.7. The molecule has 0 aliphatic rings. The van der Waals surface area contributed by atoms with Crippen molar-refractivity contribution in [3.05, 3.63) is 100 Å². The van der Waals surface area contributed by atoms with Crippen molar-refractivity contribution in [1.29, 1.82) is 0 Å². The summed E-state index contributed by atoms with van der Waals surface area (Å²) in [5.41, 5.74) is 2.55. The Morgan fingerprint density at radius 2 is 1.85 bits per heavy atom. The molecule has 0 saturated heterocycles. The molecule has 204 valence electrons. The van der Waals surface area contributed by atoms with Crippen LogP contribution in [0, 0.1) is 5.82 Å². The van der Waals surface area contributed by atoms with Gasteiger partial charge < -0.3 is 14.5 Å². The molecule has 10 heteroatoms. The Morgan fingerprint density at radius 1 is 1.02 bits per heavy atom. The number of Topliss-reactive ketones (excluding diaryl/α,β-unsaturated/α-hetero) is 1. The molecule has 0 radical (unpaired) electrons. The zero-order chi connectivity index (χ0) is 28.4. The van der Waals surface area contributed by atoms with E-state index in [2.05, 4.69) is 35.7 Å². The minimum atomic E-state index is -0.567. The maximum atomic E-state index is 15.1. The number of ketones is 1. The molecule has 0 spiro atoms. The van der Waals surface area contributed by atoms with Gasteiger partial charge in [-0.2, -0.15) is 5.10 Å². The number of fused-ring (bicyclic) bond motifs is 1. The minimum Gasteiger partial charge on any atom is -0.497 e. The topological polar surface area (TPSA) is 112 Å². The molecule has 0 amide bonds. The van der Waals surface area contributed by atoms with E-state index in [1.54, 1.807) is 23.9 Å². The highest BCUT2D eigenvalue weighted by Gasteiger charge is 2.22. The van der Waals surface area contributed by atoms with Gasteiger partial charge in [-0.25, -0.2) is 19.0 Å². The molecule has 0 bridgehead atoms. The Kier molecular flexibility index (Phi) is 7.17. The van der Waals surface area contributed by atoms with Gasteiger partial charge in [-0.15, -0.1) is 0 Å². The van der Waals surface area contributed by atoms with Crippen molar-refractivity contribution >= 4 is 16.9 Å². The second-order valence-corrected chi connectivity index (χ2v) is 10.4. The Hall–Kier alpha value is -4.86. The van der Waals surface area contributed by atoms with E-state index in [4.69, 9.17) is 14.6 Å². The molecule has 0 unspecified atom stereocenters. The lowest BCUT2D eigenvalue weighted by Crippen LogP contribution is -2.13. The van der Waals surface area contributed by atoms with Crippen LogP contribution in [-0.4, -0.2) is 37.6 Å². The van der Waals surface area contributed by atoms with Crippen LogP contribution in [0.4, 0.5) is 4.39 Å². The maximum absolute atomic E-state index is 15.1. The van der Waals surface area contributed by atoms with Gasteiger partial charge in [0, 0.05) is 42.7 Å². The van der Waals surface area contributed by atoms with Crippen LogP contribution >= 0.6 is 0 Å². The van der Waals surface area contributed by atoms with E-state index in [9.17, 15) is 9.59 Å². The highest BCUT2D eigenvalue weighted by Crippen LogP contribution is 2.28. The number of carbonyl (C=O) groups is 1. The van der Waals surface area contributed by atoms with Gasteiger partial charge in [0.15, 0.2) is 11.4 Å². The summed E-state index contributed by atoms with van der Waals surface area (Å²) in [5, 5.41) is 4.77. The smallest absolute Gasteiger partial charge is 0.268 e. The number of pyridine rings is 1. The summed E-state index contributed by atoms with van der Waals surface area (Å²) in [6.07, 6.45) is 2.56. The molecule has 5 rings (SSSR count). The molecule has 3 heterocycles. The van der Waals surface area contributed by atoms with Crippen LogP contribution in [0.25, 0.3) is 16.9 Å². The number of nitrogens with one attached hydrogen (secondary N) is 1. The zero-order valence-electron chi connectivity index (χ0n) is 22.6. The third-order valence-electron chi connectivity index (χ3n) is 6.31. The fraction of sp³-hybridized carbons (Fsp3) is 0.233. The molecule has 0 fully saturated rings. The molecule has 0 aliphatic heterocycles. The first kappa shape index (κ1) is 26.7. The third kappa shape index (κ3) is 5.75. The SMILES string of the molecule is COc1cccc(-n2nc(C(C)(C)C)cc2CC(=O)Cc2ccc(Oc3ccnc4[nH]c(=O)cnc34)cc2F)c1. The Balaban J connectivity index is 1.35. The fourth-order valence-electron chi connectivity index (χ4n) is 4.22. The van der Waals surface area contributed by atoms with Gasteiger partial charge in [0.2, 0.25) is 0 Å². The first-order valence-corrected chi connectivity index (χ1v) is 12.7. The van der Waals surface area contributed by atoms with Crippen molar-refractivity contribution < 1.29 is 18.7 Å². The molecule has 9 nitrogen and oxygen atoms in total.